The Bertz CT molecular complexity index is 636. The average molecular weight is 344 g/mol. The summed E-state index contributed by atoms with van der Waals surface area (Å²) < 4.78 is 6.13. The summed E-state index contributed by atoms with van der Waals surface area (Å²) in [4.78, 5) is 21.7. The summed E-state index contributed by atoms with van der Waals surface area (Å²) in [6.07, 6.45) is 0. The summed E-state index contributed by atoms with van der Waals surface area (Å²) in [7, 11) is -2.49. The number of carbonyl (C=O) groups is 2. The summed E-state index contributed by atoms with van der Waals surface area (Å²) in [5.41, 5.74) is 0.518. The third-order valence-electron chi connectivity index (χ3n) is 3.38. The van der Waals surface area contributed by atoms with Gasteiger partial charge in [-0.05, 0) is 47.7 Å². The van der Waals surface area contributed by atoms with Crippen molar-refractivity contribution in [2.24, 2.45) is 0 Å². The Balaban J connectivity index is 2.05. The van der Waals surface area contributed by atoms with Crippen LogP contribution in [0.2, 0.25) is 13.1 Å². The average Bonchev–Trinajstić information content (AvgIpc) is 2.54. The second kappa shape index (κ2) is 7.36. The van der Waals surface area contributed by atoms with Crippen molar-refractivity contribution in [3.63, 3.8) is 0 Å². The zero-order valence-corrected chi connectivity index (χ0v) is 14.7. The lowest BCUT2D eigenvalue weighted by atomic mass is 10.2. The zero-order chi connectivity index (χ0) is 17.0. The van der Waals surface area contributed by atoms with Gasteiger partial charge in [0.1, 0.15) is 0 Å². The van der Waals surface area contributed by atoms with E-state index in [2.05, 4.69) is 0 Å². The molecule has 7 heteroatoms. The molecule has 2 rings (SSSR count). The van der Waals surface area contributed by atoms with Gasteiger partial charge in [-0.15, -0.1) is 0 Å². The quantitative estimate of drug-likeness (QED) is 0.775. The molecule has 23 heavy (non-hydrogen) atoms. The summed E-state index contributed by atoms with van der Waals surface area (Å²) in [6, 6.07) is 13.5. The molecule has 0 aliphatic heterocycles. The van der Waals surface area contributed by atoms with Gasteiger partial charge in [0.05, 0.1) is 11.1 Å². The van der Waals surface area contributed by atoms with Gasteiger partial charge in [-0.25, -0.2) is 9.59 Å². The molecular formula is C16H16O5Si2. The van der Waals surface area contributed by atoms with E-state index in [-0.39, 0.29) is 11.1 Å². The van der Waals surface area contributed by atoms with Crippen LogP contribution in [0.4, 0.5) is 0 Å². The Morgan fingerprint density at radius 3 is 1.30 bits per heavy atom. The molecule has 0 atom stereocenters. The number of carboxylic acids is 2. The van der Waals surface area contributed by atoms with Crippen molar-refractivity contribution in [1.82, 2.24) is 0 Å². The highest BCUT2D eigenvalue weighted by Crippen LogP contribution is 2.02. The van der Waals surface area contributed by atoms with Crippen LogP contribution in [-0.2, 0) is 4.12 Å². The van der Waals surface area contributed by atoms with Gasteiger partial charge < -0.3 is 14.3 Å². The first-order valence-electron chi connectivity index (χ1n) is 6.91. The highest BCUT2D eigenvalue weighted by Gasteiger charge is 2.18. The summed E-state index contributed by atoms with van der Waals surface area (Å²) in [5, 5.41) is 19.8. The van der Waals surface area contributed by atoms with E-state index in [0.717, 1.165) is 10.4 Å². The maximum Gasteiger partial charge on any atom is 0.335 e. The topological polar surface area (TPSA) is 83.8 Å². The Hall–Kier alpha value is -2.23. The molecule has 2 radical (unpaired) electrons. The van der Waals surface area contributed by atoms with Crippen LogP contribution in [0.15, 0.2) is 48.5 Å². The van der Waals surface area contributed by atoms with Gasteiger partial charge in [0, 0.05) is 0 Å². The molecule has 0 bridgehead atoms. The van der Waals surface area contributed by atoms with Crippen molar-refractivity contribution in [3.8, 4) is 0 Å². The van der Waals surface area contributed by atoms with Crippen LogP contribution in [0.1, 0.15) is 20.7 Å². The first-order valence-corrected chi connectivity index (χ1v) is 10.7. The number of rotatable bonds is 6. The van der Waals surface area contributed by atoms with Gasteiger partial charge in [0.2, 0.25) is 18.1 Å². The minimum absolute atomic E-state index is 0.259. The molecule has 0 unspecified atom stereocenters. The van der Waals surface area contributed by atoms with E-state index >= 15 is 0 Å². The van der Waals surface area contributed by atoms with E-state index in [0.29, 0.717) is 0 Å². The van der Waals surface area contributed by atoms with Crippen LogP contribution in [0, 0.1) is 0 Å². The summed E-state index contributed by atoms with van der Waals surface area (Å²) >= 11 is 0. The van der Waals surface area contributed by atoms with Crippen molar-refractivity contribution in [1.29, 1.82) is 0 Å². The molecule has 0 aliphatic rings. The number of carboxylic acid groups (broad SMARTS) is 2. The number of benzene rings is 2. The van der Waals surface area contributed by atoms with E-state index < -0.39 is 30.0 Å². The molecule has 0 amide bonds. The zero-order valence-electron chi connectivity index (χ0n) is 12.7. The van der Waals surface area contributed by atoms with Crippen LogP contribution in [-0.4, -0.2) is 40.2 Å². The minimum atomic E-state index is -1.25. The van der Waals surface area contributed by atoms with Gasteiger partial charge in [0.15, 0.2) is 0 Å². The van der Waals surface area contributed by atoms with E-state index in [1.165, 1.54) is 0 Å². The van der Waals surface area contributed by atoms with Crippen LogP contribution in [0.3, 0.4) is 0 Å². The fraction of sp³-hybridized carbons (Fsp3) is 0.125. The monoisotopic (exact) mass is 344 g/mol. The normalized spacial score (nSPS) is 11.0. The van der Waals surface area contributed by atoms with E-state index in [4.69, 9.17) is 14.3 Å². The molecule has 0 saturated carbocycles. The highest BCUT2D eigenvalue weighted by molar-refractivity contribution is 6.78. The first-order chi connectivity index (χ1) is 10.9. The SMILES string of the molecule is C[Si](O[Si](C)c1ccc(C(=O)O)cc1)c1ccc(C(=O)O)cc1. The fourth-order valence-corrected chi connectivity index (χ4v) is 6.09. The fourth-order valence-electron chi connectivity index (χ4n) is 2.04. The lowest BCUT2D eigenvalue weighted by molar-refractivity contribution is 0.0686. The van der Waals surface area contributed by atoms with Gasteiger partial charge in [-0.3, -0.25) is 0 Å². The molecule has 0 fully saturated rings. The molecule has 0 spiro atoms. The predicted octanol–water partition coefficient (Wildman–Crippen LogP) is 1.46. The molecule has 2 N–H and O–H groups in total. The molecule has 5 nitrogen and oxygen atoms in total. The number of aromatic carboxylic acids is 2. The lowest BCUT2D eigenvalue weighted by Gasteiger charge is -2.17. The van der Waals surface area contributed by atoms with Gasteiger partial charge in [-0.1, -0.05) is 24.3 Å². The molecule has 2 aromatic rings. The van der Waals surface area contributed by atoms with Crippen molar-refractivity contribution in [2.75, 3.05) is 0 Å². The van der Waals surface area contributed by atoms with E-state index in [1.54, 1.807) is 48.5 Å². The highest BCUT2D eigenvalue weighted by atomic mass is 28.4. The summed E-state index contributed by atoms with van der Waals surface area (Å²) in [6.45, 7) is 4.03. The second-order valence-corrected chi connectivity index (χ2v) is 9.18. The Kier molecular flexibility index (Phi) is 5.48. The molecule has 0 aliphatic carbocycles. The first kappa shape index (κ1) is 17.1. The largest absolute Gasteiger partial charge is 0.478 e. The van der Waals surface area contributed by atoms with Gasteiger partial charge >= 0.3 is 11.9 Å². The van der Waals surface area contributed by atoms with Crippen molar-refractivity contribution in [2.45, 2.75) is 13.1 Å². The van der Waals surface area contributed by atoms with E-state index in [1.807, 2.05) is 13.1 Å². The molecule has 0 heterocycles. The minimum Gasteiger partial charge on any atom is -0.478 e. The summed E-state index contributed by atoms with van der Waals surface area (Å²) in [5.74, 6) is -1.89. The van der Waals surface area contributed by atoms with Crippen LogP contribution < -0.4 is 10.4 Å². The smallest absolute Gasteiger partial charge is 0.335 e. The van der Waals surface area contributed by atoms with Crippen LogP contribution >= 0.6 is 0 Å². The second-order valence-electron chi connectivity index (χ2n) is 4.98. The van der Waals surface area contributed by atoms with Crippen molar-refractivity contribution < 1.29 is 23.9 Å². The van der Waals surface area contributed by atoms with E-state index in [9.17, 15) is 9.59 Å². The molecule has 0 aromatic heterocycles. The number of hydrogen-bond acceptors (Lipinski definition) is 3. The third-order valence-corrected chi connectivity index (χ3v) is 8.13. The van der Waals surface area contributed by atoms with Crippen LogP contribution in [0.5, 0.6) is 0 Å². The molecule has 118 valence electrons. The molecule has 0 saturated heterocycles. The van der Waals surface area contributed by atoms with Crippen molar-refractivity contribution >= 4 is 40.4 Å². The molecular weight excluding hydrogens is 328 g/mol. The van der Waals surface area contributed by atoms with Gasteiger partial charge in [0.25, 0.3) is 0 Å². The van der Waals surface area contributed by atoms with Gasteiger partial charge in [-0.2, -0.15) is 0 Å². The lowest BCUT2D eigenvalue weighted by Crippen LogP contribution is -2.41. The maximum absolute atomic E-state index is 10.9. The Morgan fingerprint density at radius 2 is 1.04 bits per heavy atom. The predicted molar refractivity (Wildman–Crippen MR) is 90.4 cm³/mol. The Labute approximate surface area is 137 Å². The van der Waals surface area contributed by atoms with Crippen LogP contribution in [0.25, 0.3) is 0 Å². The standard InChI is InChI=1S/C16H16O5Si2/c1-22(13-7-3-11(4-8-13)15(17)18)21-23(2)14-9-5-12(6-10-14)16(19)20/h3-10H,1-2H3,(H,17,18)(H,19,20). The maximum atomic E-state index is 10.9. The number of hydrogen-bond donors (Lipinski definition) is 2. The molecule has 2 aromatic carbocycles. The Morgan fingerprint density at radius 1 is 0.739 bits per heavy atom. The van der Waals surface area contributed by atoms with Crippen molar-refractivity contribution in [3.05, 3.63) is 59.7 Å². The third kappa shape index (κ3) is 4.38.